The first-order chi connectivity index (χ1) is 16.2. The zero-order valence-electron chi connectivity index (χ0n) is 19.3. The van der Waals surface area contributed by atoms with Gasteiger partial charge < -0.3 is 19.3 Å². The highest BCUT2D eigenvalue weighted by atomic mass is 32.2. The second-order valence-electron chi connectivity index (χ2n) is 7.93. The van der Waals surface area contributed by atoms with Crippen LogP contribution in [0.15, 0.2) is 33.7 Å². The van der Waals surface area contributed by atoms with Crippen LogP contribution in [0.25, 0.3) is 10.7 Å². The van der Waals surface area contributed by atoms with Gasteiger partial charge in [0.25, 0.3) is 0 Å². The summed E-state index contributed by atoms with van der Waals surface area (Å²) >= 11 is 1.29. The molecular formula is C22H26N4O6S2. The molecule has 182 valence electrons. The van der Waals surface area contributed by atoms with Crippen LogP contribution in [0.3, 0.4) is 0 Å². The van der Waals surface area contributed by atoms with Gasteiger partial charge in [-0.25, -0.2) is 8.42 Å². The number of sulfonamides is 1. The third-order valence-corrected chi connectivity index (χ3v) is 8.81. The number of anilines is 1. The number of hydrogen-bond donors (Lipinski definition) is 1. The maximum absolute atomic E-state index is 13.4. The zero-order chi connectivity index (χ0) is 24.5. The molecule has 0 radical (unpaired) electrons. The van der Waals surface area contributed by atoms with E-state index in [4.69, 9.17) is 14.0 Å². The van der Waals surface area contributed by atoms with Crippen molar-refractivity contribution in [3.05, 3.63) is 35.0 Å². The van der Waals surface area contributed by atoms with Crippen LogP contribution < -0.4 is 14.8 Å². The lowest BCUT2D eigenvalue weighted by Gasteiger charge is -2.31. The molecule has 2 aromatic heterocycles. The van der Waals surface area contributed by atoms with Gasteiger partial charge in [-0.05, 0) is 38.0 Å². The van der Waals surface area contributed by atoms with E-state index >= 15 is 0 Å². The summed E-state index contributed by atoms with van der Waals surface area (Å²) in [6.07, 6.45) is 1.18. The Morgan fingerprint density at radius 3 is 2.65 bits per heavy atom. The molecule has 1 unspecified atom stereocenters. The maximum Gasteiger partial charge on any atom is 0.244 e. The van der Waals surface area contributed by atoms with Crippen molar-refractivity contribution in [1.82, 2.24) is 14.4 Å². The molecular weight excluding hydrogens is 480 g/mol. The molecule has 0 saturated carbocycles. The summed E-state index contributed by atoms with van der Waals surface area (Å²) in [5.41, 5.74) is 0.552. The third-order valence-electron chi connectivity index (χ3n) is 5.64. The third kappa shape index (κ3) is 4.79. The molecule has 0 bridgehead atoms. The number of rotatable bonds is 7. The summed E-state index contributed by atoms with van der Waals surface area (Å²) in [6.45, 7) is 3.89. The topological polar surface area (TPSA) is 124 Å². The van der Waals surface area contributed by atoms with Gasteiger partial charge in [0.1, 0.15) is 0 Å². The lowest BCUT2D eigenvalue weighted by molar-refractivity contribution is -0.120. The largest absolute Gasteiger partial charge is 0.493 e. The lowest BCUT2D eigenvalue weighted by Crippen LogP contribution is -2.43. The predicted octanol–water partition coefficient (Wildman–Crippen LogP) is 3.47. The van der Waals surface area contributed by atoms with Gasteiger partial charge in [0, 0.05) is 36.6 Å². The van der Waals surface area contributed by atoms with Crippen molar-refractivity contribution in [3.8, 4) is 22.2 Å². The van der Waals surface area contributed by atoms with Crippen molar-refractivity contribution < 1.29 is 27.2 Å². The number of carbonyl (C=O) groups excluding carboxylic acids is 1. The Morgan fingerprint density at radius 1 is 1.21 bits per heavy atom. The van der Waals surface area contributed by atoms with E-state index in [1.54, 1.807) is 38.1 Å². The Kier molecular flexibility index (Phi) is 6.91. The Labute approximate surface area is 201 Å². The van der Waals surface area contributed by atoms with E-state index in [1.165, 1.54) is 29.9 Å². The van der Waals surface area contributed by atoms with Gasteiger partial charge in [0.2, 0.25) is 27.6 Å². The van der Waals surface area contributed by atoms with Gasteiger partial charge in [0.05, 0.1) is 29.9 Å². The van der Waals surface area contributed by atoms with E-state index in [-0.39, 0.29) is 17.3 Å². The number of methoxy groups -OCH3 is 2. The van der Waals surface area contributed by atoms with Gasteiger partial charge in [-0.1, -0.05) is 5.16 Å². The normalized spacial score (nSPS) is 16.9. The average molecular weight is 507 g/mol. The summed E-state index contributed by atoms with van der Waals surface area (Å²) in [5.74, 6) is 1.10. The lowest BCUT2D eigenvalue weighted by atomic mass is 9.98. The monoisotopic (exact) mass is 506 g/mol. The summed E-state index contributed by atoms with van der Waals surface area (Å²) in [5, 5.41) is 6.75. The van der Waals surface area contributed by atoms with Gasteiger partial charge in [-0.3, -0.25) is 4.79 Å². The fourth-order valence-electron chi connectivity index (χ4n) is 3.90. The number of aryl methyl sites for hydroxylation is 2. The van der Waals surface area contributed by atoms with E-state index in [0.29, 0.717) is 58.0 Å². The average Bonchev–Trinajstić information content (AvgIpc) is 3.44. The molecule has 1 N–H and O–H groups in total. The van der Waals surface area contributed by atoms with Crippen molar-refractivity contribution in [2.24, 2.45) is 5.92 Å². The van der Waals surface area contributed by atoms with E-state index in [9.17, 15) is 13.2 Å². The van der Waals surface area contributed by atoms with E-state index < -0.39 is 15.9 Å². The number of aromatic nitrogens is 2. The van der Waals surface area contributed by atoms with Gasteiger partial charge in [0.15, 0.2) is 11.5 Å². The molecule has 1 aliphatic heterocycles. The minimum absolute atomic E-state index is 0.105. The van der Waals surface area contributed by atoms with Crippen molar-refractivity contribution in [2.45, 2.75) is 31.6 Å². The Bertz CT molecular complexity index is 1300. The van der Waals surface area contributed by atoms with Gasteiger partial charge >= 0.3 is 0 Å². The van der Waals surface area contributed by atoms with Crippen molar-refractivity contribution in [3.63, 3.8) is 0 Å². The molecule has 3 aromatic rings. The molecule has 12 heteroatoms. The number of nitrogens with one attached hydrogen (secondary N) is 1. The molecule has 1 amide bonds. The Hall–Kier alpha value is -2.96. The number of piperidine rings is 1. The minimum Gasteiger partial charge on any atom is -0.493 e. The number of carbonyl (C=O) groups is 1. The minimum atomic E-state index is -3.79. The SMILES string of the molecule is COc1ccc(NC(=O)C2CCCN(S(=O)(=O)c3cc(-c4noc(C)n4)sc3C)C2)cc1OC. The number of benzene rings is 1. The van der Waals surface area contributed by atoms with Crippen LogP contribution in [0.2, 0.25) is 0 Å². The van der Waals surface area contributed by atoms with Crippen LogP contribution in [-0.4, -0.2) is 56.1 Å². The van der Waals surface area contributed by atoms with Crippen molar-refractivity contribution in [2.75, 3.05) is 32.6 Å². The first kappa shape index (κ1) is 24.2. The molecule has 4 rings (SSSR count). The first-order valence-electron chi connectivity index (χ1n) is 10.7. The highest BCUT2D eigenvalue weighted by molar-refractivity contribution is 7.89. The molecule has 0 aliphatic carbocycles. The fraction of sp³-hybridized carbons (Fsp3) is 0.409. The van der Waals surface area contributed by atoms with Gasteiger partial charge in [-0.2, -0.15) is 9.29 Å². The first-order valence-corrected chi connectivity index (χ1v) is 12.9. The second kappa shape index (κ2) is 9.72. The van der Waals surface area contributed by atoms with Crippen LogP contribution in [0.5, 0.6) is 11.5 Å². The number of amides is 1. The number of nitrogens with zero attached hydrogens (tertiary/aromatic N) is 3. The van der Waals surface area contributed by atoms with Gasteiger partial charge in [-0.15, -0.1) is 11.3 Å². The van der Waals surface area contributed by atoms with Crippen LogP contribution in [0, 0.1) is 19.8 Å². The molecule has 1 fully saturated rings. The zero-order valence-corrected chi connectivity index (χ0v) is 21.0. The molecule has 3 heterocycles. The molecule has 1 saturated heterocycles. The summed E-state index contributed by atoms with van der Waals surface area (Å²) in [6, 6.07) is 6.66. The smallest absolute Gasteiger partial charge is 0.244 e. The molecule has 10 nitrogen and oxygen atoms in total. The summed E-state index contributed by atoms with van der Waals surface area (Å²) in [7, 11) is -0.736. The highest BCUT2D eigenvalue weighted by Gasteiger charge is 2.35. The number of hydrogen-bond acceptors (Lipinski definition) is 9. The summed E-state index contributed by atoms with van der Waals surface area (Å²) in [4.78, 5) is 18.6. The molecule has 1 atom stereocenters. The van der Waals surface area contributed by atoms with Crippen LogP contribution in [0.1, 0.15) is 23.6 Å². The predicted molar refractivity (Wildman–Crippen MR) is 127 cm³/mol. The number of ether oxygens (including phenoxy) is 2. The standard InChI is InChI=1S/C22H26N4O6S2/c1-13-20(11-19(33-13)21-23-14(2)32-25-21)34(28,29)26-9-5-6-15(12-26)22(27)24-16-7-8-17(30-3)18(10-16)31-4/h7-8,10-11,15H,5-6,9,12H2,1-4H3,(H,24,27). The molecule has 34 heavy (non-hydrogen) atoms. The number of thiophene rings is 1. The fourth-order valence-corrected chi connectivity index (χ4v) is 6.91. The quantitative estimate of drug-likeness (QED) is 0.517. The molecule has 0 spiro atoms. The molecule has 1 aliphatic rings. The van der Waals surface area contributed by atoms with E-state index in [0.717, 1.165) is 0 Å². The second-order valence-corrected chi connectivity index (χ2v) is 11.1. The van der Waals surface area contributed by atoms with Crippen molar-refractivity contribution in [1.29, 1.82) is 0 Å². The van der Waals surface area contributed by atoms with Crippen LogP contribution in [-0.2, 0) is 14.8 Å². The Balaban J connectivity index is 1.50. The van der Waals surface area contributed by atoms with Crippen LogP contribution >= 0.6 is 11.3 Å². The summed E-state index contributed by atoms with van der Waals surface area (Å²) < 4.78 is 43.8. The molecule has 1 aromatic carbocycles. The van der Waals surface area contributed by atoms with E-state index in [1.807, 2.05) is 0 Å². The Morgan fingerprint density at radius 2 is 1.97 bits per heavy atom. The van der Waals surface area contributed by atoms with E-state index in [2.05, 4.69) is 15.5 Å². The maximum atomic E-state index is 13.4. The van der Waals surface area contributed by atoms with Crippen LogP contribution in [0.4, 0.5) is 5.69 Å². The van der Waals surface area contributed by atoms with Crippen molar-refractivity contribution >= 4 is 33.0 Å². The highest BCUT2D eigenvalue weighted by Crippen LogP contribution is 2.35.